The Morgan fingerprint density at radius 2 is 2.10 bits per heavy atom. The molecule has 1 aliphatic carbocycles. The summed E-state index contributed by atoms with van der Waals surface area (Å²) < 4.78 is 7.28. The first kappa shape index (κ1) is 12.6. The molecule has 1 aliphatic rings. The van der Waals surface area contributed by atoms with Crippen LogP contribution in [0.5, 0.6) is 5.75 Å². The lowest BCUT2D eigenvalue weighted by molar-refractivity contribution is 0.414. The van der Waals surface area contributed by atoms with Crippen LogP contribution in [0.2, 0.25) is 0 Å². The average molecular weight is 267 g/mol. The maximum atomic E-state index is 9.37. The van der Waals surface area contributed by atoms with Gasteiger partial charge in [-0.15, -0.1) is 0 Å². The van der Waals surface area contributed by atoms with Crippen molar-refractivity contribution in [3.63, 3.8) is 0 Å². The van der Waals surface area contributed by atoms with E-state index in [-0.39, 0.29) is 0 Å². The standard InChI is InChI=1S/C16H17N3O/c1-20-12-6-4-5-11(9-12)19-15-8-3-2-7-13(15)14(10-17)16(19)18/h4-6,9H,2-3,7-8,18H2,1H3. The first-order valence-electron chi connectivity index (χ1n) is 6.82. The highest BCUT2D eigenvalue weighted by atomic mass is 16.5. The number of nitrogen functional groups attached to an aromatic ring is 1. The summed E-state index contributed by atoms with van der Waals surface area (Å²) in [6.45, 7) is 0. The first-order valence-corrected chi connectivity index (χ1v) is 6.82. The van der Waals surface area contributed by atoms with Gasteiger partial charge in [0.1, 0.15) is 17.6 Å². The minimum absolute atomic E-state index is 0.549. The molecule has 0 aliphatic heterocycles. The highest BCUT2D eigenvalue weighted by Crippen LogP contribution is 2.34. The van der Waals surface area contributed by atoms with E-state index < -0.39 is 0 Å². The Labute approximate surface area is 118 Å². The van der Waals surface area contributed by atoms with Gasteiger partial charge < -0.3 is 10.5 Å². The van der Waals surface area contributed by atoms with Gasteiger partial charge in [0.2, 0.25) is 0 Å². The lowest BCUT2D eigenvalue weighted by atomic mass is 9.95. The Morgan fingerprint density at radius 1 is 1.30 bits per heavy atom. The summed E-state index contributed by atoms with van der Waals surface area (Å²) in [6, 6.07) is 10.1. The van der Waals surface area contributed by atoms with Crippen molar-refractivity contribution in [2.24, 2.45) is 0 Å². The second kappa shape index (κ2) is 4.93. The van der Waals surface area contributed by atoms with Crippen LogP contribution in [0, 0.1) is 11.3 Å². The number of hydrogen-bond acceptors (Lipinski definition) is 3. The summed E-state index contributed by atoms with van der Waals surface area (Å²) in [7, 11) is 1.65. The van der Waals surface area contributed by atoms with Crippen LogP contribution in [0.1, 0.15) is 29.7 Å². The molecule has 1 heterocycles. The second-order valence-electron chi connectivity index (χ2n) is 5.04. The molecule has 0 fully saturated rings. The van der Waals surface area contributed by atoms with Crippen LogP contribution in [0.15, 0.2) is 24.3 Å². The average Bonchev–Trinajstić information content (AvgIpc) is 2.78. The molecule has 102 valence electrons. The second-order valence-corrected chi connectivity index (χ2v) is 5.04. The summed E-state index contributed by atoms with van der Waals surface area (Å²) in [4.78, 5) is 0. The lowest BCUT2D eigenvalue weighted by Crippen LogP contribution is -2.08. The molecule has 4 nitrogen and oxygen atoms in total. The fraction of sp³-hybridized carbons (Fsp3) is 0.312. The van der Waals surface area contributed by atoms with E-state index in [1.165, 1.54) is 5.69 Å². The molecule has 0 bridgehead atoms. The smallest absolute Gasteiger partial charge is 0.126 e. The third-order valence-electron chi connectivity index (χ3n) is 3.93. The number of methoxy groups -OCH3 is 1. The van der Waals surface area contributed by atoms with Gasteiger partial charge in [-0.25, -0.2) is 0 Å². The van der Waals surface area contributed by atoms with Crippen molar-refractivity contribution in [3.8, 4) is 17.5 Å². The van der Waals surface area contributed by atoms with Crippen molar-refractivity contribution in [1.82, 2.24) is 4.57 Å². The van der Waals surface area contributed by atoms with Gasteiger partial charge in [0.05, 0.1) is 18.4 Å². The van der Waals surface area contributed by atoms with Crippen LogP contribution < -0.4 is 10.5 Å². The van der Waals surface area contributed by atoms with Gasteiger partial charge in [-0.05, 0) is 43.4 Å². The number of rotatable bonds is 2. The van der Waals surface area contributed by atoms with E-state index in [1.807, 2.05) is 28.8 Å². The predicted molar refractivity (Wildman–Crippen MR) is 78.1 cm³/mol. The molecule has 2 aromatic rings. The van der Waals surface area contributed by atoms with E-state index in [0.29, 0.717) is 11.4 Å². The van der Waals surface area contributed by atoms with Gasteiger partial charge in [0.25, 0.3) is 0 Å². The largest absolute Gasteiger partial charge is 0.497 e. The van der Waals surface area contributed by atoms with Gasteiger partial charge in [-0.1, -0.05) is 6.07 Å². The third-order valence-corrected chi connectivity index (χ3v) is 3.93. The Hall–Kier alpha value is -2.41. The Balaban J connectivity index is 2.23. The molecule has 0 radical (unpaired) electrons. The highest BCUT2D eigenvalue weighted by molar-refractivity contribution is 5.63. The molecule has 2 N–H and O–H groups in total. The molecule has 3 rings (SSSR count). The van der Waals surface area contributed by atoms with Crippen molar-refractivity contribution in [2.45, 2.75) is 25.7 Å². The molecule has 0 amide bonds. The molecule has 0 atom stereocenters. The zero-order valence-corrected chi connectivity index (χ0v) is 11.5. The normalized spacial score (nSPS) is 13.6. The molecule has 0 saturated carbocycles. The maximum Gasteiger partial charge on any atom is 0.126 e. The third kappa shape index (κ3) is 1.83. The van der Waals surface area contributed by atoms with E-state index in [0.717, 1.165) is 42.7 Å². The zero-order chi connectivity index (χ0) is 14.1. The van der Waals surface area contributed by atoms with Crippen LogP contribution in [0.4, 0.5) is 5.82 Å². The monoisotopic (exact) mass is 267 g/mol. The molecule has 0 unspecified atom stereocenters. The lowest BCUT2D eigenvalue weighted by Gasteiger charge is -2.16. The van der Waals surface area contributed by atoms with E-state index in [1.54, 1.807) is 7.11 Å². The quantitative estimate of drug-likeness (QED) is 0.910. The first-order chi connectivity index (χ1) is 9.76. The number of fused-ring (bicyclic) bond motifs is 1. The SMILES string of the molecule is COc1cccc(-n2c(N)c(C#N)c3c2CCCC3)c1. The minimum atomic E-state index is 0.549. The predicted octanol–water partition coefficient (Wildman–Crippen LogP) is 2.82. The molecular weight excluding hydrogens is 250 g/mol. The highest BCUT2D eigenvalue weighted by Gasteiger charge is 2.24. The number of nitrogens with two attached hydrogens (primary N) is 1. The molecule has 0 saturated heterocycles. The van der Waals surface area contributed by atoms with Crippen LogP contribution >= 0.6 is 0 Å². The van der Waals surface area contributed by atoms with Crippen molar-refractivity contribution in [2.75, 3.05) is 12.8 Å². The summed E-state index contributed by atoms with van der Waals surface area (Å²) in [5.74, 6) is 1.34. The van der Waals surface area contributed by atoms with Gasteiger partial charge in [0, 0.05) is 11.8 Å². The fourth-order valence-corrected chi connectivity index (χ4v) is 2.99. The van der Waals surface area contributed by atoms with E-state index in [9.17, 15) is 5.26 Å². The molecule has 1 aromatic carbocycles. The fourth-order valence-electron chi connectivity index (χ4n) is 2.99. The number of hydrogen-bond donors (Lipinski definition) is 1. The summed E-state index contributed by atoms with van der Waals surface area (Å²) in [5.41, 5.74) is 10.1. The molecular formula is C16H17N3O. The summed E-state index contributed by atoms with van der Waals surface area (Å²) in [5, 5.41) is 9.37. The topological polar surface area (TPSA) is 64.0 Å². The van der Waals surface area contributed by atoms with Crippen molar-refractivity contribution in [3.05, 3.63) is 41.1 Å². The van der Waals surface area contributed by atoms with E-state index >= 15 is 0 Å². The summed E-state index contributed by atoms with van der Waals surface area (Å²) >= 11 is 0. The molecule has 0 spiro atoms. The van der Waals surface area contributed by atoms with Crippen molar-refractivity contribution in [1.29, 1.82) is 5.26 Å². The zero-order valence-electron chi connectivity index (χ0n) is 11.5. The van der Waals surface area contributed by atoms with E-state index in [4.69, 9.17) is 10.5 Å². The number of nitrogens with zero attached hydrogens (tertiary/aromatic N) is 2. The number of benzene rings is 1. The van der Waals surface area contributed by atoms with Gasteiger partial charge in [-0.2, -0.15) is 5.26 Å². The Morgan fingerprint density at radius 3 is 2.85 bits per heavy atom. The number of anilines is 1. The van der Waals surface area contributed by atoms with Crippen molar-refractivity contribution < 1.29 is 4.74 Å². The van der Waals surface area contributed by atoms with E-state index in [2.05, 4.69) is 6.07 Å². The molecule has 4 heteroatoms. The van der Waals surface area contributed by atoms with Crippen LogP contribution in [0.25, 0.3) is 5.69 Å². The Bertz CT molecular complexity index is 694. The van der Waals surface area contributed by atoms with Gasteiger partial charge >= 0.3 is 0 Å². The number of ether oxygens (including phenoxy) is 1. The van der Waals surface area contributed by atoms with Crippen LogP contribution in [0.3, 0.4) is 0 Å². The molecule has 1 aromatic heterocycles. The van der Waals surface area contributed by atoms with Gasteiger partial charge in [-0.3, -0.25) is 4.57 Å². The molecule has 20 heavy (non-hydrogen) atoms. The maximum absolute atomic E-state index is 9.37. The Kier molecular flexibility index (Phi) is 3.11. The van der Waals surface area contributed by atoms with Crippen molar-refractivity contribution >= 4 is 5.82 Å². The minimum Gasteiger partial charge on any atom is -0.497 e. The summed E-state index contributed by atoms with van der Waals surface area (Å²) in [6.07, 6.45) is 4.19. The van der Waals surface area contributed by atoms with Crippen LogP contribution in [-0.4, -0.2) is 11.7 Å². The number of nitriles is 1. The number of aromatic nitrogens is 1. The van der Waals surface area contributed by atoms with Crippen LogP contribution in [-0.2, 0) is 12.8 Å². The van der Waals surface area contributed by atoms with Gasteiger partial charge in [0.15, 0.2) is 0 Å².